The van der Waals surface area contributed by atoms with Crippen LogP contribution in [0.5, 0.6) is 0 Å². The number of nitrogens with zero attached hydrogens (tertiary/aromatic N) is 2. The number of carbonyl (C=O) groups is 2. The van der Waals surface area contributed by atoms with Gasteiger partial charge >= 0.3 is 6.09 Å². The van der Waals surface area contributed by atoms with E-state index in [9.17, 15) is 14.0 Å². The maximum atomic E-state index is 13.9. The lowest BCUT2D eigenvalue weighted by Crippen LogP contribution is -2.67. The van der Waals surface area contributed by atoms with E-state index in [0.29, 0.717) is 26.1 Å². The Morgan fingerprint density at radius 1 is 1.03 bits per heavy atom. The molecule has 0 spiro atoms. The Kier molecular flexibility index (Phi) is 8.32. The maximum Gasteiger partial charge on any atom is 0.408 e. The quantitative estimate of drug-likeness (QED) is 0.475. The fourth-order valence-electron chi connectivity index (χ4n) is 5.34. The van der Waals surface area contributed by atoms with Gasteiger partial charge in [-0.1, -0.05) is 18.2 Å². The molecule has 2 amide bonds. The second-order valence-corrected chi connectivity index (χ2v) is 11.3. The van der Waals surface area contributed by atoms with Crippen molar-refractivity contribution < 1.29 is 18.7 Å². The van der Waals surface area contributed by atoms with Crippen molar-refractivity contribution in [2.24, 2.45) is 0 Å². The standard InChI is InChI=1S/C29H37ClFN3O3/c1-28(2,3)37-27(36)32-29(26(35)33-14-5-4-6-15-33)13-8-16-34(20-29)25-12-11-22(17-23(25)19-30)21-9-7-10-24(31)18-21/h7,9-12,17-18H,4-6,8,13-16,19-20H2,1-3H3,(H,32,36). The van der Waals surface area contributed by atoms with Crippen LogP contribution in [0.3, 0.4) is 0 Å². The normalized spacial score (nSPS) is 20.5. The van der Waals surface area contributed by atoms with Crippen molar-refractivity contribution in [2.45, 2.75) is 69.9 Å². The highest BCUT2D eigenvalue weighted by Crippen LogP contribution is 2.34. The van der Waals surface area contributed by atoms with Crippen molar-refractivity contribution in [3.8, 4) is 11.1 Å². The second-order valence-electron chi connectivity index (χ2n) is 11.1. The number of halogens is 2. The number of likely N-dealkylation sites (tertiary alicyclic amines) is 1. The molecule has 4 rings (SSSR count). The van der Waals surface area contributed by atoms with Gasteiger partial charge in [-0.15, -0.1) is 11.6 Å². The van der Waals surface area contributed by atoms with Crippen LogP contribution in [0.4, 0.5) is 14.9 Å². The number of hydrogen-bond donors (Lipinski definition) is 1. The van der Waals surface area contributed by atoms with Crippen molar-refractivity contribution in [3.63, 3.8) is 0 Å². The van der Waals surface area contributed by atoms with E-state index in [4.69, 9.17) is 16.3 Å². The first-order chi connectivity index (χ1) is 17.6. The van der Waals surface area contributed by atoms with Crippen LogP contribution in [0.2, 0.25) is 0 Å². The lowest BCUT2D eigenvalue weighted by molar-refractivity contribution is -0.139. The predicted molar refractivity (Wildman–Crippen MR) is 145 cm³/mol. The highest BCUT2D eigenvalue weighted by Gasteiger charge is 2.47. The molecule has 2 aliphatic heterocycles. The number of alkyl halides is 1. The van der Waals surface area contributed by atoms with Crippen LogP contribution in [-0.2, 0) is 15.4 Å². The van der Waals surface area contributed by atoms with Crippen LogP contribution >= 0.6 is 11.6 Å². The highest BCUT2D eigenvalue weighted by atomic mass is 35.5. The summed E-state index contributed by atoms with van der Waals surface area (Å²) in [5.41, 5.74) is 1.68. The molecule has 2 aromatic carbocycles. The summed E-state index contributed by atoms with van der Waals surface area (Å²) >= 11 is 6.39. The molecule has 2 saturated heterocycles. The smallest absolute Gasteiger partial charge is 0.408 e. The van der Waals surface area contributed by atoms with Gasteiger partial charge in [0, 0.05) is 31.2 Å². The van der Waals surface area contributed by atoms with E-state index < -0.39 is 17.2 Å². The van der Waals surface area contributed by atoms with E-state index in [2.05, 4.69) is 10.2 Å². The Morgan fingerprint density at radius 3 is 2.43 bits per heavy atom. The average molecular weight is 530 g/mol. The summed E-state index contributed by atoms with van der Waals surface area (Å²) in [7, 11) is 0. The molecule has 0 bridgehead atoms. The highest BCUT2D eigenvalue weighted by molar-refractivity contribution is 6.17. The number of nitrogens with one attached hydrogen (secondary N) is 1. The minimum absolute atomic E-state index is 0.0495. The van der Waals surface area contributed by atoms with Gasteiger partial charge in [-0.3, -0.25) is 4.79 Å². The molecule has 200 valence electrons. The maximum absolute atomic E-state index is 13.9. The van der Waals surface area contributed by atoms with Gasteiger partial charge in [-0.2, -0.15) is 0 Å². The minimum Gasteiger partial charge on any atom is -0.444 e. The molecular formula is C29H37ClFN3O3. The van der Waals surface area contributed by atoms with Crippen molar-refractivity contribution in [2.75, 3.05) is 31.1 Å². The number of alkyl carbamates (subject to hydrolysis) is 1. The number of amides is 2. The number of hydrogen-bond acceptors (Lipinski definition) is 4. The van der Waals surface area contributed by atoms with E-state index in [0.717, 1.165) is 54.6 Å². The summed E-state index contributed by atoms with van der Waals surface area (Å²) in [6.07, 6.45) is 3.72. The van der Waals surface area contributed by atoms with E-state index in [1.54, 1.807) is 6.07 Å². The van der Waals surface area contributed by atoms with Crippen molar-refractivity contribution in [1.29, 1.82) is 0 Å². The van der Waals surface area contributed by atoms with Crippen LogP contribution in [0, 0.1) is 5.82 Å². The molecular weight excluding hydrogens is 493 g/mol. The summed E-state index contributed by atoms with van der Waals surface area (Å²) in [4.78, 5) is 30.9. The molecule has 0 aliphatic carbocycles. The molecule has 8 heteroatoms. The molecule has 1 unspecified atom stereocenters. The summed E-state index contributed by atoms with van der Waals surface area (Å²) < 4.78 is 19.4. The van der Waals surface area contributed by atoms with Crippen LogP contribution in [0.15, 0.2) is 42.5 Å². The zero-order valence-electron chi connectivity index (χ0n) is 22.0. The van der Waals surface area contributed by atoms with Crippen molar-refractivity contribution in [1.82, 2.24) is 10.2 Å². The zero-order valence-corrected chi connectivity index (χ0v) is 22.7. The van der Waals surface area contributed by atoms with Crippen LogP contribution < -0.4 is 10.2 Å². The number of anilines is 1. The molecule has 2 fully saturated rings. The molecule has 2 heterocycles. The third-order valence-corrected chi connectivity index (χ3v) is 7.30. The zero-order chi connectivity index (χ0) is 26.6. The number of piperidine rings is 2. The van der Waals surface area contributed by atoms with Crippen molar-refractivity contribution in [3.05, 3.63) is 53.8 Å². The van der Waals surface area contributed by atoms with Crippen LogP contribution in [-0.4, -0.2) is 54.2 Å². The first-order valence-electron chi connectivity index (χ1n) is 13.1. The van der Waals surface area contributed by atoms with Crippen LogP contribution in [0.1, 0.15) is 58.4 Å². The summed E-state index contributed by atoms with van der Waals surface area (Å²) in [5, 5.41) is 3.00. The van der Waals surface area contributed by atoms with Gasteiger partial charge < -0.3 is 19.9 Å². The van der Waals surface area contributed by atoms with Gasteiger partial charge in [0.25, 0.3) is 0 Å². The lowest BCUT2D eigenvalue weighted by Gasteiger charge is -2.46. The van der Waals surface area contributed by atoms with Gasteiger partial charge in [-0.05, 0) is 93.8 Å². The molecule has 2 aliphatic rings. The van der Waals surface area contributed by atoms with Gasteiger partial charge in [0.15, 0.2) is 0 Å². The van der Waals surface area contributed by atoms with Gasteiger partial charge in [-0.25, -0.2) is 9.18 Å². The Hall–Kier alpha value is -2.80. The molecule has 37 heavy (non-hydrogen) atoms. The van der Waals surface area contributed by atoms with Crippen LogP contribution in [0.25, 0.3) is 11.1 Å². The third-order valence-electron chi connectivity index (χ3n) is 7.01. The third kappa shape index (κ3) is 6.56. The van der Waals surface area contributed by atoms with E-state index in [1.165, 1.54) is 12.1 Å². The van der Waals surface area contributed by atoms with E-state index in [1.807, 2.05) is 49.9 Å². The molecule has 6 nitrogen and oxygen atoms in total. The fraction of sp³-hybridized carbons (Fsp3) is 0.517. The summed E-state index contributed by atoms with van der Waals surface area (Å²) in [5.74, 6) is -0.0764. The van der Waals surface area contributed by atoms with Crippen molar-refractivity contribution >= 4 is 29.3 Å². The average Bonchev–Trinajstić information content (AvgIpc) is 2.87. The number of carbonyl (C=O) groups excluding carboxylic acids is 2. The first-order valence-corrected chi connectivity index (χ1v) is 13.6. The second kappa shape index (κ2) is 11.3. The SMILES string of the molecule is CC(C)(C)OC(=O)NC1(C(=O)N2CCCCC2)CCCN(c2ccc(-c3cccc(F)c3)cc2CCl)C1. The van der Waals surface area contributed by atoms with Gasteiger partial charge in [0.1, 0.15) is 17.0 Å². The lowest BCUT2D eigenvalue weighted by atomic mass is 9.86. The molecule has 0 saturated carbocycles. The Labute approximate surface area is 224 Å². The molecule has 0 aromatic heterocycles. The molecule has 1 N–H and O–H groups in total. The number of rotatable bonds is 5. The first kappa shape index (κ1) is 27.2. The monoisotopic (exact) mass is 529 g/mol. The molecule has 0 radical (unpaired) electrons. The topological polar surface area (TPSA) is 61.9 Å². The fourth-order valence-corrected chi connectivity index (χ4v) is 5.55. The Balaban J connectivity index is 1.65. The minimum atomic E-state index is -1.09. The molecule has 2 aromatic rings. The summed E-state index contributed by atoms with van der Waals surface area (Å²) in [6, 6.07) is 12.4. The van der Waals surface area contributed by atoms with Gasteiger partial charge in [0.05, 0.1) is 6.54 Å². The van der Waals surface area contributed by atoms with E-state index in [-0.39, 0.29) is 17.6 Å². The Morgan fingerprint density at radius 2 is 1.76 bits per heavy atom. The number of ether oxygens (including phenoxy) is 1. The number of benzene rings is 2. The van der Waals surface area contributed by atoms with Gasteiger partial charge in [0.2, 0.25) is 5.91 Å². The largest absolute Gasteiger partial charge is 0.444 e. The summed E-state index contributed by atoms with van der Waals surface area (Å²) in [6.45, 7) is 7.89. The predicted octanol–water partition coefficient (Wildman–Crippen LogP) is 6.11. The molecule has 1 atom stereocenters. The van der Waals surface area contributed by atoms with E-state index >= 15 is 0 Å². The Bertz CT molecular complexity index is 1130.